The first kappa shape index (κ1) is 13.7. The predicted octanol–water partition coefficient (Wildman–Crippen LogP) is 0.421. The smallest absolute Gasteiger partial charge is 0.222 e. The molecule has 0 bridgehead atoms. The van der Waals surface area contributed by atoms with Gasteiger partial charge in [0.15, 0.2) is 0 Å². The van der Waals surface area contributed by atoms with Crippen molar-refractivity contribution in [2.24, 2.45) is 7.05 Å². The lowest BCUT2D eigenvalue weighted by molar-refractivity contribution is -0.128. The van der Waals surface area contributed by atoms with E-state index in [9.17, 15) is 4.79 Å². The number of hydrogen-bond acceptors (Lipinski definition) is 3. The average Bonchev–Trinajstić information content (AvgIpc) is 2.68. The summed E-state index contributed by atoms with van der Waals surface area (Å²) in [5.74, 6) is 1.28. The van der Waals surface area contributed by atoms with Crippen molar-refractivity contribution >= 4 is 5.91 Å². The highest BCUT2D eigenvalue weighted by molar-refractivity contribution is 5.75. The molecule has 1 aromatic heterocycles. The molecular weight excluding hydrogens is 216 g/mol. The van der Waals surface area contributed by atoms with Gasteiger partial charge in [-0.15, -0.1) is 0 Å². The summed E-state index contributed by atoms with van der Waals surface area (Å²) < 4.78 is 2.03. The largest absolute Gasteiger partial charge is 0.349 e. The van der Waals surface area contributed by atoms with Gasteiger partial charge in [0.1, 0.15) is 5.82 Å². The third-order valence-electron chi connectivity index (χ3n) is 2.69. The van der Waals surface area contributed by atoms with Gasteiger partial charge in [0.25, 0.3) is 0 Å². The van der Waals surface area contributed by atoms with Crippen LogP contribution in [0.5, 0.6) is 0 Å². The summed E-state index contributed by atoms with van der Waals surface area (Å²) in [5.41, 5.74) is 0. The van der Waals surface area contributed by atoms with Gasteiger partial charge in [0, 0.05) is 52.9 Å². The minimum absolute atomic E-state index is 0.191. The van der Waals surface area contributed by atoms with Crippen LogP contribution in [0.1, 0.15) is 18.7 Å². The minimum Gasteiger partial charge on any atom is -0.349 e. The summed E-state index contributed by atoms with van der Waals surface area (Å²) in [6.07, 6.45) is 6.18. The quantitative estimate of drug-likeness (QED) is 0.700. The summed E-state index contributed by atoms with van der Waals surface area (Å²) in [7, 11) is 5.58. The number of imidazole rings is 1. The molecule has 0 unspecified atom stereocenters. The zero-order valence-corrected chi connectivity index (χ0v) is 10.9. The molecule has 0 saturated heterocycles. The van der Waals surface area contributed by atoms with Gasteiger partial charge in [-0.25, -0.2) is 4.98 Å². The first-order valence-electron chi connectivity index (χ1n) is 5.98. The van der Waals surface area contributed by atoms with E-state index in [-0.39, 0.29) is 5.91 Å². The highest BCUT2D eigenvalue weighted by Gasteiger charge is 2.02. The Bertz CT molecular complexity index is 346. The second-order valence-electron chi connectivity index (χ2n) is 4.35. The first-order chi connectivity index (χ1) is 8.11. The molecule has 0 saturated carbocycles. The molecule has 0 atom stereocenters. The SMILES string of the molecule is CN(C)C(=O)CCCNCCc1nccn1C. The molecular formula is C12H22N4O. The molecule has 0 aliphatic heterocycles. The Balaban J connectivity index is 2.02. The molecule has 1 rings (SSSR count). The molecule has 1 amide bonds. The van der Waals surface area contributed by atoms with Crippen molar-refractivity contribution in [3.05, 3.63) is 18.2 Å². The zero-order valence-electron chi connectivity index (χ0n) is 10.9. The van der Waals surface area contributed by atoms with E-state index in [1.165, 1.54) is 0 Å². The Morgan fingerprint density at radius 1 is 1.47 bits per heavy atom. The Kier molecular flexibility index (Phi) is 5.69. The van der Waals surface area contributed by atoms with Crippen molar-refractivity contribution < 1.29 is 4.79 Å². The molecule has 0 aromatic carbocycles. The van der Waals surface area contributed by atoms with E-state index in [4.69, 9.17) is 0 Å². The maximum atomic E-state index is 11.3. The summed E-state index contributed by atoms with van der Waals surface area (Å²) >= 11 is 0. The van der Waals surface area contributed by atoms with E-state index >= 15 is 0 Å². The maximum Gasteiger partial charge on any atom is 0.222 e. The van der Waals surface area contributed by atoms with Gasteiger partial charge in [0.2, 0.25) is 5.91 Å². The second-order valence-corrected chi connectivity index (χ2v) is 4.35. The molecule has 0 aliphatic rings. The van der Waals surface area contributed by atoms with Gasteiger partial charge in [-0.05, 0) is 13.0 Å². The standard InChI is InChI=1S/C12H22N4O/c1-15(2)12(17)5-4-7-13-8-6-11-14-9-10-16(11)3/h9-10,13H,4-8H2,1-3H3. The van der Waals surface area contributed by atoms with Gasteiger partial charge in [-0.2, -0.15) is 0 Å². The molecule has 5 heteroatoms. The van der Waals surface area contributed by atoms with Crippen molar-refractivity contribution in [3.8, 4) is 0 Å². The molecule has 1 aromatic rings. The second kappa shape index (κ2) is 7.06. The molecule has 0 spiro atoms. The van der Waals surface area contributed by atoms with Crippen LogP contribution in [0.25, 0.3) is 0 Å². The number of rotatable bonds is 7. The van der Waals surface area contributed by atoms with Crippen LogP contribution in [-0.4, -0.2) is 47.5 Å². The van der Waals surface area contributed by atoms with Crippen LogP contribution in [0.2, 0.25) is 0 Å². The number of aryl methyl sites for hydroxylation is 1. The van der Waals surface area contributed by atoms with Crippen LogP contribution in [0.15, 0.2) is 12.4 Å². The van der Waals surface area contributed by atoms with Crippen LogP contribution in [0.4, 0.5) is 0 Å². The van der Waals surface area contributed by atoms with E-state index in [0.717, 1.165) is 31.8 Å². The fourth-order valence-electron chi connectivity index (χ4n) is 1.55. The van der Waals surface area contributed by atoms with Crippen molar-refractivity contribution in [2.45, 2.75) is 19.3 Å². The van der Waals surface area contributed by atoms with Crippen molar-refractivity contribution in [1.29, 1.82) is 0 Å². The Hall–Kier alpha value is -1.36. The Morgan fingerprint density at radius 3 is 2.82 bits per heavy atom. The normalized spacial score (nSPS) is 10.5. The Morgan fingerprint density at radius 2 is 2.24 bits per heavy atom. The molecule has 0 fully saturated rings. The van der Waals surface area contributed by atoms with Crippen molar-refractivity contribution in [1.82, 2.24) is 19.8 Å². The molecule has 1 heterocycles. The molecule has 1 N–H and O–H groups in total. The number of carbonyl (C=O) groups excluding carboxylic acids is 1. The van der Waals surface area contributed by atoms with E-state index in [2.05, 4.69) is 10.3 Å². The van der Waals surface area contributed by atoms with Gasteiger partial charge in [0.05, 0.1) is 0 Å². The van der Waals surface area contributed by atoms with E-state index in [1.807, 2.05) is 24.0 Å². The molecule has 17 heavy (non-hydrogen) atoms. The Labute approximate surface area is 103 Å². The molecule has 5 nitrogen and oxygen atoms in total. The van der Waals surface area contributed by atoms with E-state index in [1.54, 1.807) is 19.0 Å². The lowest BCUT2D eigenvalue weighted by Crippen LogP contribution is -2.24. The summed E-state index contributed by atoms with van der Waals surface area (Å²) in [6, 6.07) is 0. The average molecular weight is 238 g/mol. The molecule has 96 valence electrons. The zero-order chi connectivity index (χ0) is 12.7. The number of amides is 1. The van der Waals surface area contributed by atoms with Gasteiger partial charge >= 0.3 is 0 Å². The van der Waals surface area contributed by atoms with Gasteiger partial charge < -0.3 is 14.8 Å². The van der Waals surface area contributed by atoms with E-state index in [0.29, 0.717) is 6.42 Å². The first-order valence-corrected chi connectivity index (χ1v) is 5.98. The van der Waals surface area contributed by atoms with Crippen LogP contribution in [0.3, 0.4) is 0 Å². The van der Waals surface area contributed by atoms with Crippen LogP contribution < -0.4 is 5.32 Å². The van der Waals surface area contributed by atoms with Crippen LogP contribution in [0, 0.1) is 0 Å². The predicted molar refractivity (Wildman–Crippen MR) is 67.7 cm³/mol. The van der Waals surface area contributed by atoms with Crippen LogP contribution >= 0.6 is 0 Å². The summed E-state index contributed by atoms with van der Waals surface area (Å²) in [4.78, 5) is 17.2. The fraction of sp³-hybridized carbons (Fsp3) is 0.667. The lowest BCUT2D eigenvalue weighted by atomic mass is 10.3. The summed E-state index contributed by atoms with van der Waals surface area (Å²) in [6.45, 7) is 1.78. The third-order valence-corrected chi connectivity index (χ3v) is 2.69. The highest BCUT2D eigenvalue weighted by atomic mass is 16.2. The number of hydrogen-bond donors (Lipinski definition) is 1. The fourth-order valence-corrected chi connectivity index (χ4v) is 1.55. The maximum absolute atomic E-state index is 11.3. The van der Waals surface area contributed by atoms with Crippen LogP contribution in [-0.2, 0) is 18.3 Å². The number of carbonyl (C=O) groups is 1. The monoisotopic (exact) mass is 238 g/mol. The molecule has 0 aliphatic carbocycles. The minimum atomic E-state index is 0.191. The third kappa shape index (κ3) is 4.99. The van der Waals surface area contributed by atoms with Crippen molar-refractivity contribution in [3.63, 3.8) is 0 Å². The molecule has 0 radical (unpaired) electrons. The topological polar surface area (TPSA) is 50.2 Å². The van der Waals surface area contributed by atoms with E-state index < -0.39 is 0 Å². The van der Waals surface area contributed by atoms with Gasteiger partial charge in [-0.3, -0.25) is 4.79 Å². The van der Waals surface area contributed by atoms with Crippen molar-refractivity contribution in [2.75, 3.05) is 27.2 Å². The summed E-state index contributed by atoms with van der Waals surface area (Å²) in [5, 5.41) is 3.32. The number of nitrogens with one attached hydrogen (secondary N) is 1. The number of nitrogens with zero attached hydrogens (tertiary/aromatic N) is 3. The highest BCUT2D eigenvalue weighted by Crippen LogP contribution is 1.95. The van der Waals surface area contributed by atoms with Gasteiger partial charge in [-0.1, -0.05) is 0 Å². The number of aromatic nitrogens is 2. The lowest BCUT2D eigenvalue weighted by Gasteiger charge is -2.10.